The topological polar surface area (TPSA) is 18.5 Å². The smallest absolute Gasteiger partial charge is 0.120 e. The number of rotatable bonds is 5. The highest BCUT2D eigenvalue weighted by atomic mass is 79.9. The summed E-state index contributed by atoms with van der Waals surface area (Å²) in [6.45, 7) is 1.26. The van der Waals surface area contributed by atoms with Crippen molar-refractivity contribution in [3.05, 3.63) is 99.5 Å². The number of hydrogen-bond donors (Lipinski definition) is 0. The first-order valence-electron chi connectivity index (χ1n) is 11.4. The van der Waals surface area contributed by atoms with Crippen molar-refractivity contribution in [1.29, 1.82) is 0 Å². The van der Waals surface area contributed by atoms with Gasteiger partial charge in [-0.05, 0) is 65.3 Å². The van der Waals surface area contributed by atoms with Gasteiger partial charge in [-0.1, -0.05) is 83.7 Å². The first kappa shape index (κ1) is 20.8. The zero-order chi connectivity index (χ0) is 21.0. The van der Waals surface area contributed by atoms with Crippen molar-refractivity contribution in [3.8, 4) is 5.75 Å². The maximum absolute atomic E-state index is 6.59. The van der Waals surface area contributed by atoms with Gasteiger partial charge in [-0.15, -0.1) is 0 Å². The lowest BCUT2D eigenvalue weighted by molar-refractivity contribution is -0.0315. The fourth-order valence-electron chi connectivity index (χ4n) is 5.21. The Hall–Kier alpha value is -2.10. The second-order valence-electron chi connectivity index (χ2n) is 8.84. The molecule has 1 aliphatic carbocycles. The zero-order valence-electron chi connectivity index (χ0n) is 17.8. The van der Waals surface area contributed by atoms with E-state index >= 15 is 0 Å². The molecule has 1 aliphatic heterocycles. The minimum Gasteiger partial charge on any atom is -0.489 e. The third-order valence-corrected chi connectivity index (χ3v) is 7.33. The number of ether oxygens (including phenoxy) is 2. The van der Waals surface area contributed by atoms with Crippen molar-refractivity contribution >= 4 is 15.9 Å². The zero-order valence-corrected chi connectivity index (χ0v) is 19.4. The molecule has 0 spiro atoms. The van der Waals surface area contributed by atoms with E-state index in [1.165, 1.54) is 54.4 Å². The van der Waals surface area contributed by atoms with Crippen LogP contribution in [0.1, 0.15) is 60.3 Å². The van der Waals surface area contributed by atoms with Crippen LogP contribution in [0.2, 0.25) is 0 Å². The minimum atomic E-state index is 0.255. The van der Waals surface area contributed by atoms with Crippen molar-refractivity contribution in [2.24, 2.45) is 5.92 Å². The Labute approximate surface area is 193 Å². The van der Waals surface area contributed by atoms with E-state index in [4.69, 9.17) is 9.47 Å². The largest absolute Gasteiger partial charge is 0.489 e. The summed E-state index contributed by atoms with van der Waals surface area (Å²) in [5.41, 5.74) is 5.18. The summed E-state index contributed by atoms with van der Waals surface area (Å²) in [6, 6.07) is 25.7. The number of fused-ring (bicyclic) bond motifs is 1. The van der Waals surface area contributed by atoms with Gasteiger partial charge < -0.3 is 9.47 Å². The highest BCUT2D eigenvalue weighted by molar-refractivity contribution is 9.10. The second kappa shape index (κ2) is 9.58. The predicted octanol–water partition coefficient (Wildman–Crippen LogP) is 7.64. The summed E-state index contributed by atoms with van der Waals surface area (Å²) in [5.74, 6) is 1.84. The van der Waals surface area contributed by atoms with Crippen LogP contribution >= 0.6 is 15.9 Å². The van der Waals surface area contributed by atoms with E-state index < -0.39 is 0 Å². The average molecular weight is 477 g/mol. The molecule has 2 nitrogen and oxygen atoms in total. The molecule has 2 aliphatic rings. The van der Waals surface area contributed by atoms with Crippen LogP contribution in [0.3, 0.4) is 0 Å². The van der Waals surface area contributed by atoms with Crippen LogP contribution in [0, 0.1) is 5.92 Å². The van der Waals surface area contributed by atoms with Gasteiger partial charge in [0.05, 0.1) is 12.7 Å². The van der Waals surface area contributed by atoms with Crippen LogP contribution < -0.4 is 4.74 Å². The molecule has 0 N–H and O–H groups in total. The van der Waals surface area contributed by atoms with Crippen LogP contribution in [-0.2, 0) is 18.0 Å². The third-order valence-electron chi connectivity index (χ3n) is 6.80. The third kappa shape index (κ3) is 4.73. The van der Waals surface area contributed by atoms with E-state index in [1.54, 1.807) is 0 Å². The predicted molar refractivity (Wildman–Crippen MR) is 128 cm³/mol. The van der Waals surface area contributed by atoms with Crippen molar-refractivity contribution in [3.63, 3.8) is 0 Å². The van der Waals surface area contributed by atoms with Gasteiger partial charge in [0.1, 0.15) is 12.4 Å². The Morgan fingerprint density at radius 2 is 1.65 bits per heavy atom. The van der Waals surface area contributed by atoms with Crippen LogP contribution in [0.5, 0.6) is 5.75 Å². The summed E-state index contributed by atoms with van der Waals surface area (Å²) in [6.07, 6.45) is 6.85. The summed E-state index contributed by atoms with van der Waals surface area (Å²) in [4.78, 5) is 0. The normalized spacial score (nSPS) is 21.5. The van der Waals surface area contributed by atoms with Crippen LogP contribution in [-0.4, -0.2) is 6.10 Å². The summed E-state index contributed by atoms with van der Waals surface area (Å²) < 4.78 is 13.8. The minimum absolute atomic E-state index is 0.255. The second-order valence-corrected chi connectivity index (χ2v) is 9.75. The average Bonchev–Trinajstić information content (AvgIpc) is 2.84. The molecule has 2 atom stereocenters. The molecule has 1 saturated carbocycles. The molecular weight excluding hydrogens is 448 g/mol. The van der Waals surface area contributed by atoms with E-state index in [9.17, 15) is 0 Å². The molecule has 0 amide bonds. The molecular formula is C28H29BrO2. The summed E-state index contributed by atoms with van der Waals surface area (Å²) in [5, 5.41) is 0. The molecule has 0 radical (unpaired) electrons. The van der Waals surface area contributed by atoms with Gasteiger partial charge in [0.2, 0.25) is 0 Å². The maximum atomic E-state index is 6.59. The number of benzene rings is 3. The number of halogens is 1. The molecule has 1 fully saturated rings. The van der Waals surface area contributed by atoms with E-state index in [0.717, 1.165) is 10.2 Å². The molecule has 0 aromatic heterocycles. The summed E-state index contributed by atoms with van der Waals surface area (Å²) >= 11 is 3.59. The monoisotopic (exact) mass is 476 g/mol. The molecule has 5 rings (SSSR count). The van der Waals surface area contributed by atoms with Gasteiger partial charge in [-0.25, -0.2) is 0 Å². The fraction of sp³-hybridized carbons (Fsp3) is 0.357. The molecule has 0 saturated heterocycles. The SMILES string of the molecule is Brc1ccc(C2c3ccc(OCc4ccccc4)cc3COC2C2CCCCC2)cc1. The lowest BCUT2D eigenvalue weighted by atomic mass is 9.73. The lowest BCUT2D eigenvalue weighted by Crippen LogP contribution is -2.36. The van der Waals surface area contributed by atoms with Gasteiger partial charge in [-0.3, -0.25) is 0 Å². The lowest BCUT2D eigenvalue weighted by Gasteiger charge is -2.40. The number of hydrogen-bond acceptors (Lipinski definition) is 2. The van der Waals surface area contributed by atoms with Crippen molar-refractivity contribution in [1.82, 2.24) is 0 Å². The molecule has 160 valence electrons. The Morgan fingerprint density at radius 1 is 0.871 bits per heavy atom. The van der Waals surface area contributed by atoms with E-state index in [0.29, 0.717) is 19.1 Å². The van der Waals surface area contributed by atoms with Gasteiger partial charge in [0.25, 0.3) is 0 Å². The molecule has 3 heteroatoms. The first-order valence-corrected chi connectivity index (χ1v) is 12.2. The van der Waals surface area contributed by atoms with Crippen LogP contribution in [0.15, 0.2) is 77.3 Å². The van der Waals surface area contributed by atoms with Gasteiger partial charge in [0, 0.05) is 10.4 Å². The van der Waals surface area contributed by atoms with Crippen molar-refractivity contribution in [2.45, 2.75) is 57.3 Å². The Bertz CT molecular complexity index is 993. The van der Waals surface area contributed by atoms with E-state index in [1.807, 2.05) is 18.2 Å². The molecule has 2 unspecified atom stereocenters. The van der Waals surface area contributed by atoms with Crippen molar-refractivity contribution < 1.29 is 9.47 Å². The first-order chi connectivity index (χ1) is 15.3. The maximum Gasteiger partial charge on any atom is 0.120 e. The van der Waals surface area contributed by atoms with Crippen molar-refractivity contribution in [2.75, 3.05) is 0 Å². The highest BCUT2D eigenvalue weighted by Crippen LogP contribution is 2.44. The van der Waals surface area contributed by atoms with Gasteiger partial charge in [0.15, 0.2) is 0 Å². The Kier molecular flexibility index (Phi) is 6.42. The van der Waals surface area contributed by atoms with Crippen LogP contribution in [0.25, 0.3) is 0 Å². The van der Waals surface area contributed by atoms with Gasteiger partial charge in [-0.2, -0.15) is 0 Å². The highest BCUT2D eigenvalue weighted by Gasteiger charge is 2.37. The Balaban J connectivity index is 1.43. The molecule has 0 bridgehead atoms. The Morgan fingerprint density at radius 3 is 2.42 bits per heavy atom. The van der Waals surface area contributed by atoms with E-state index in [-0.39, 0.29) is 12.0 Å². The fourth-order valence-corrected chi connectivity index (χ4v) is 5.48. The van der Waals surface area contributed by atoms with Crippen LogP contribution in [0.4, 0.5) is 0 Å². The molecule has 31 heavy (non-hydrogen) atoms. The molecule has 3 aromatic carbocycles. The van der Waals surface area contributed by atoms with E-state index in [2.05, 4.69) is 70.5 Å². The summed E-state index contributed by atoms with van der Waals surface area (Å²) in [7, 11) is 0. The quantitative estimate of drug-likeness (QED) is 0.376. The van der Waals surface area contributed by atoms with Gasteiger partial charge >= 0.3 is 0 Å². The molecule has 3 aromatic rings. The standard InChI is InChI=1S/C28H29BrO2/c29-24-13-11-21(12-14-24)27-26-16-15-25(30-18-20-7-3-1-4-8-20)17-23(26)19-31-28(27)22-9-5-2-6-10-22/h1,3-4,7-8,11-17,22,27-28H,2,5-6,9-10,18-19H2. The molecule has 1 heterocycles.